The Labute approximate surface area is 124 Å². The van der Waals surface area contributed by atoms with Gasteiger partial charge in [-0.25, -0.2) is 14.1 Å². The highest BCUT2D eigenvalue weighted by atomic mass is 19.1. The van der Waals surface area contributed by atoms with E-state index < -0.39 is 0 Å². The van der Waals surface area contributed by atoms with Crippen molar-refractivity contribution in [2.45, 2.75) is 33.8 Å². The summed E-state index contributed by atoms with van der Waals surface area (Å²) in [7, 11) is 0. The molecule has 0 N–H and O–H groups in total. The van der Waals surface area contributed by atoms with Crippen molar-refractivity contribution in [1.29, 1.82) is 0 Å². The third-order valence-electron chi connectivity index (χ3n) is 3.14. The molecule has 0 spiro atoms. The molecular weight excluding hydrogens is 269 g/mol. The molecule has 0 bridgehead atoms. The van der Waals surface area contributed by atoms with E-state index >= 15 is 0 Å². The van der Waals surface area contributed by atoms with Gasteiger partial charge in [0.2, 0.25) is 0 Å². The molecule has 2 rings (SSSR count). The molecule has 1 aromatic heterocycles. The first-order valence-corrected chi connectivity index (χ1v) is 6.85. The first-order chi connectivity index (χ1) is 9.86. The molecule has 0 aliphatic carbocycles. The summed E-state index contributed by atoms with van der Waals surface area (Å²) in [4.78, 5) is 3.94. The van der Waals surface area contributed by atoms with Crippen molar-refractivity contribution < 1.29 is 9.13 Å². The fraction of sp³-hybridized carbons (Fsp3) is 0.375. The predicted octanol–water partition coefficient (Wildman–Crippen LogP) is 3.77. The van der Waals surface area contributed by atoms with Gasteiger partial charge in [0, 0.05) is 6.20 Å². The summed E-state index contributed by atoms with van der Waals surface area (Å²) < 4.78 is 20.5. The molecule has 1 heterocycles. The predicted molar refractivity (Wildman–Crippen MR) is 80.2 cm³/mol. The highest BCUT2D eigenvalue weighted by Crippen LogP contribution is 2.30. The van der Waals surface area contributed by atoms with Gasteiger partial charge in [-0.3, -0.25) is 0 Å². The van der Waals surface area contributed by atoms with E-state index in [4.69, 9.17) is 4.74 Å². The maximum atomic E-state index is 12.9. The van der Waals surface area contributed by atoms with Crippen molar-refractivity contribution in [2.75, 3.05) is 0 Å². The van der Waals surface area contributed by atoms with Gasteiger partial charge < -0.3 is 4.74 Å². The number of ether oxygens (including phenoxy) is 1. The number of hydrogen-bond acceptors (Lipinski definition) is 3. The van der Waals surface area contributed by atoms with Crippen molar-refractivity contribution in [3.63, 3.8) is 0 Å². The van der Waals surface area contributed by atoms with Crippen molar-refractivity contribution in [2.24, 2.45) is 5.41 Å². The number of rotatable bonds is 4. The molecule has 21 heavy (non-hydrogen) atoms. The second-order valence-electron chi connectivity index (χ2n) is 5.92. The van der Waals surface area contributed by atoms with Crippen molar-refractivity contribution in [3.8, 4) is 5.75 Å². The number of aromatic nitrogens is 3. The van der Waals surface area contributed by atoms with Crippen LogP contribution in [0.15, 0.2) is 42.5 Å². The lowest BCUT2D eigenvalue weighted by molar-refractivity contribution is 0.228. The normalized spacial score (nSPS) is 14.0. The van der Waals surface area contributed by atoms with E-state index in [0.717, 1.165) is 5.57 Å². The van der Waals surface area contributed by atoms with Crippen molar-refractivity contribution in [3.05, 3.63) is 48.3 Å². The first-order valence-electron chi connectivity index (χ1n) is 6.85. The molecule has 112 valence electrons. The Kier molecular flexibility index (Phi) is 4.40. The average Bonchev–Trinajstić information content (AvgIpc) is 2.90. The Hall–Kier alpha value is -2.17. The first kappa shape index (κ1) is 15.2. The Balaban J connectivity index is 2.23. The quantitative estimate of drug-likeness (QED) is 0.860. The zero-order chi connectivity index (χ0) is 15.5. The third kappa shape index (κ3) is 4.15. The third-order valence-corrected chi connectivity index (χ3v) is 3.14. The summed E-state index contributed by atoms with van der Waals surface area (Å²) in [6, 6.07) is 6.03. The average molecular weight is 289 g/mol. The van der Waals surface area contributed by atoms with E-state index in [1.807, 2.05) is 13.1 Å². The summed E-state index contributed by atoms with van der Waals surface area (Å²) in [5.41, 5.74) is 0.975. The molecule has 1 unspecified atom stereocenters. The zero-order valence-electron chi connectivity index (χ0n) is 12.7. The van der Waals surface area contributed by atoms with E-state index in [1.165, 1.54) is 18.5 Å². The minimum atomic E-state index is -0.274. The number of hydrogen-bond donors (Lipinski definition) is 0. The fourth-order valence-electron chi connectivity index (χ4n) is 2.12. The molecule has 4 nitrogen and oxygen atoms in total. The van der Waals surface area contributed by atoms with Crippen LogP contribution in [-0.4, -0.2) is 20.9 Å². The molecule has 0 fully saturated rings. The summed E-state index contributed by atoms with van der Waals surface area (Å²) in [6.45, 7) is 8.30. The van der Waals surface area contributed by atoms with E-state index in [0.29, 0.717) is 5.75 Å². The molecule has 0 aliphatic rings. The Morgan fingerprint density at radius 1 is 1.29 bits per heavy atom. The maximum Gasteiger partial charge on any atom is 0.138 e. The van der Waals surface area contributed by atoms with Crippen LogP contribution < -0.4 is 4.74 Å². The van der Waals surface area contributed by atoms with Crippen LogP contribution in [0.4, 0.5) is 4.39 Å². The smallest absolute Gasteiger partial charge is 0.138 e. The van der Waals surface area contributed by atoms with E-state index in [-0.39, 0.29) is 17.3 Å². The molecule has 1 aromatic carbocycles. The largest absolute Gasteiger partial charge is 0.486 e. The van der Waals surface area contributed by atoms with Gasteiger partial charge in [-0.1, -0.05) is 20.8 Å². The Bertz CT molecular complexity index is 597. The van der Waals surface area contributed by atoms with Crippen LogP contribution in [0, 0.1) is 11.2 Å². The van der Waals surface area contributed by atoms with Gasteiger partial charge in [0.05, 0.1) is 0 Å². The Morgan fingerprint density at radius 3 is 2.48 bits per heavy atom. The molecule has 0 saturated heterocycles. The molecule has 1 atom stereocenters. The molecule has 0 amide bonds. The standard InChI is InChI=1S/C16H20FN3O/c1-12(21-14-7-5-13(17)6-8-14)15(16(2,3)4)9-20-11-18-10-19-20/h5-12H,1-4H3. The molecule has 0 saturated carbocycles. The number of nitrogens with zero attached hydrogens (tertiary/aromatic N) is 3. The van der Waals surface area contributed by atoms with Gasteiger partial charge in [-0.2, -0.15) is 5.10 Å². The molecular formula is C16H20FN3O. The van der Waals surface area contributed by atoms with Gasteiger partial charge >= 0.3 is 0 Å². The summed E-state index contributed by atoms with van der Waals surface area (Å²) in [6.07, 6.45) is 4.87. The molecule has 5 heteroatoms. The van der Waals surface area contributed by atoms with E-state index in [2.05, 4.69) is 30.9 Å². The number of halogens is 1. The van der Waals surface area contributed by atoms with Crippen LogP contribution in [-0.2, 0) is 0 Å². The van der Waals surface area contributed by atoms with Crippen LogP contribution in [0.3, 0.4) is 0 Å². The fourth-order valence-corrected chi connectivity index (χ4v) is 2.12. The van der Waals surface area contributed by atoms with E-state index in [1.54, 1.807) is 23.1 Å². The van der Waals surface area contributed by atoms with Gasteiger partial charge in [0.25, 0.3) is 0 Å². The minimum absolute atomic E-state index is 0.0919. The van der Waals surface area contributed by atoms with Gasteiger partial charge in [0.1, 0.15) is 30.3 Å². The van der Waals surface area contributed by atoms with Crippen LogP contribution >= 0.6 is 0 Å². The minimum Gasteiger partial charge on any atom is -0.486 e. The Morgan fingerprint density at radius 2 is 1.95 bits per heavy atom. The highest BCUT2D eigenvalue weighted by Gasteiger charge is 2.24. The van der Waals surface area contributed by atoms with Gasteiger partial charge in [-0.05, 0) is 42.2 Å². The second kappa shape index (κ2) is 6.08. The van der Waals surface area contributed by atoms with Crippen molar-refractivity contribution in [1.82, 2.24) is 14.8 Å². The van der Waals surface area contributed by atoms with Gasteiger partial charge in [0.15, 0.2) is 0 Å². The van der Waals surface area contributed by atoms with Crippen LogP contribution in [0.1, 0.15) is 27.7 Å². The second-order valence-corrected chi connectivity index (χ2v) is 5.92. The topological polar surface area (TPSA) is 39.9 Å². The highest BCUT2D eigenvalue weighted by molar-refractivity contribution is 5.36. The maximum absolute atomic E-state index is 12.9. The monoisotopic (exact) mass is 289 g/mol. The van der Waals surface area contributed by atoms with Crippen molar-refractivity contribution >= 4 is 6.20 Å². The molecule has 0 radical (unpaired) electrons. The van der Waals surface area contributed by atoms with Crippen LogP contribution in [0.5, 0.6) is 5.75 Å². The summed E-state index contributed by atoms with van der Waals surface area (Å²) in [5, 5.41) is 4.09. The lowest BCUT2D eigenvalue weighted by atomic mass is 9.84. The SMILES string of the molecule is CC(Oc1ccc(F)cc1)C(=Cn1cncn1)C(C)(C)C. The van der Waals surface area contributed by atoms with Crippen LogP contribution in [0.25, 0.3) is 6.20 Å². The lowest BCUT2D eigenvalue weighted by Gasteiger charge is -2.28. The lowest BCUT2D eigenvalue weighted by Crippen LogP contribution is -2.25. The number of benzene rings is 1. The van der Waals surface area contributed by atoms with Gasteiger partial charge in [-0.15, -0.1) is 0 Å². The van der Waals surface area contributed by atoms with Crippen LogP contribution in [0.2, 0.25) is 0 Å². The zero-order valence-corrected chi connectivity index (χ0v) is 12.7. The summed E-state index contributed by atoms with van der Waals surface area (Å²) in [5.74, 6) is 0.363. The molecule has 2 aromatic rings. The van der Waals surface area contributed by atoms with E-state index in [9.17, 15) is 4.39 Å². The summed E-state index contributed by atoms with van der Waals surface area (Å²) >= 11 is 0. The molecule has 0 aliphatic heterocycles.